The summed E-state index contributed by atoms with van der Waals surface area (Å²) < 4.78 is 24.0. The molecule has 0 aromatic heterocycles. The summed E-state index contributed by atoms with van der Waals surface area (Å²) in [6.45, 7) is 1.98. The number of rotatable bonds is 10. The van der Waals surface area contributed by atoms with Crippen molar-refractivity contribution in [3.63, 3.8) is 0 Å². The van der Waals surface area contributed by atoms with Crippen molar-refractivity contribution in [2.24, 2.45) is 0 Å². The molecule has 0 aliphatic carbocycles. The second-order valence-electron chi connectivity index (χ2n) is 7.82. The molecule has 0 bridgehead atoms. The van der Waals surface area contributed by atoms with Crippen molar-refractivity contribution in [2.45, 2.75) is 25.9 Å². The summed E-state index contributed by atoms with van der Waals surface area (Å²) in [7, 11) is 3.15. The Kier molecular flexibility index (Phi) is 8.62. The lowest BCUT2D eigenvalue weighted by Gasteiger charge is -2.30. The Morgan fingerprint density at radius 3 is 2.18 bits per heavy atom. The van der Waals surface area contributed by atoms with E-state index in [1.807, 2.05) is 48.5 Å². The Morgan fingerprint density at radius 2 is 1.56 bits per heavy atom. The van der Waals surface area contributed by atoms with Gasteiger partial charge in [0.2, 0.25) is 11.8 Å². The molecular weight excluding hydrogens is 435 g/mol. The normalized spacial score (nSPS) is 11.4. The monoisotopic (exact) mass is 464 g/mol. The smallest absolute Gasteiger partial charge is 0.247 e. The lowest BCUT2D eigenvalue weighted by Crippen LogP contribution is -2.43. The minimum atomic E-state index is -0.825. The molecule has 3 aromatic carbocycles. The van der Waals surface area contributed by atoms with E-state index in [9.17, 15) is 14.0 Å². The summed E-state index contributed by atoms with van der Waals surface area (Å²) in [5, 5.41) is 2.96. The second-order valence-corrected chi connectivity index (χ2v) is 7.82. The SMILES string of the molecule is COc1ccc(CCNC(=O)[C@@H](c2ccccc2)N(Cc2ccc(F)cc2)C(C)=O)cc1OC. The van der Waals surface area contributed by atoms with Gasteiger partial charge in [-0.2, -0.15) is 0 Å². The van der Waals surface area contributed by atoms with E-state index in [1.54, 1.807) is 26.4 Å². The Labute approximate surface area is 199 Å². The van der Waals surface area contributed by atoms with Gasteiger partial charge in [0.25, 0.3) is 0 Å². The van der Waals surface area contributed by atoms with Crippen LogP contribution in [0.15, 0.2) is 72.8 Å². The van der Waals surface area contributed by atoms with E-state index < -0.39 is 6.04 Å². The van der Waals surface area contributed by atoms with E-state index in [0.717, 1.165) is 11.1 Å². The van der Waals surface area contributed by atoms with Crippen molar-refractivity contribution < 1.29 is 23.5 Å². The van der Waals surface area contributed by atoms with Gasteiger partial charge in [0.05, 0.1) is 14.2 Å². The predicted molar refractivity (Wildman–Crippen MR) is 128 cm³/mol. The topological polar surface area (TPSA) is 67.9 Å². The highest BCUT2D eigenvalue weighted by atomic mass is 19.1. The zero-order valence-corrected chi connectivity index (χ0v) is 19.6. The number of amides is 2. The molecule has 3 aromatic rings. The standard InChI is InChI=1S/C27H29FN2O4/c1-19(31)30(18-21-9-12-23(28)13-10-21)26(22-7-5-4-6-8-22)27(32)29-16-15-20-11-14-24(33-2)25(17-20)34-3/h4-14,17,26H,15-16,18H2,1-3H3,(H,29,32)/t26-/m1/s1. The Bertz CT molecular complexity index is 1100. The van der Waals surface area contributed by atoms with Crippen molar-refractivity contribution in [2.75, 3.05) is 20.8 Å². The second kappa shape index (κ2) is 11.8. The summed E-state index contributed by atoms with van der Waals surface area (Å²) in [5.74, 6) is 0.357. The first-order chi connectivity index (χ1) is 16.4. The van der Waals surface area contributed by atoms with Crippen LogP contribution in [0.5, 0.6) is 11.5 Å². The Hall–Kier alpha value is -3.87. The number of halogens is 1. The van der Waals surface area contributed by atoms with Crippen molar-refractivity contribution >= 4 is 11.8 Å². The van der Waals surface area contributed by atoms with Gasteiger partial charge in [0, 0.05) is 20.0 Å². The molecule has 1 atom stereocenters. The number of benzene rings is 3. The molecule has 3 rings (SSSR count). The van der Waals surface area contributed by atoms with Gasteiger partial charge < -0.3 is 19.7 Å². The van der Waals surface area contributed by atoms with Gasteiger partial charge in [0.15, 0.2) is 11.5 Å². The van der Waals surface area contributed by atoms with Crippen molar-refractivity contribution in [1.29, 1.82) is 0 Å². The number of nitrogens with zero attached hydrogens (tertiary/aromatic N) is 1. The minimum Gasteiger partial charge on any atom is -0.493 e. The molecule has 2 amide bonds. The van der Waals surface area contributed by atoms with Crippen LogP contribution in [-0.2, 0) is 22.6 Å². The molecule has 0 spiro atoms. The maximum atomic E-state index is 13.3. The maximum absolute atomic E-state index is 13.3. The lowest BCUT2D eigenvalue weighted by atomic mass is 10.0. The lowest BCUT2D eigenvalue weighted by molar-refractivity contribution is -0.140. The highest BCUT2D eigenvalue weighted by molar-refractivity contribution is 5.88. The molecule has 1 N–H and O–H groups in total. The van der Waals surface area contributed by atoms with Crippen LogP contribution in [-0.4, -0.2) is 37.5 Å². The third-order valence-corrected chi connectivity index (χ3v) is 5.51. The highest BCUT2D eigenvalue weighted by Gasteiger charge is 2.29. The fourth-order valence-corrected chi connectivity index (χ4v) is 3.74. The molecule has 0 unspecified atom stereocenters. The van der Waals surface area contributed by atoms with Crippen LogP contribution < -0.4 is 14.8 Å². The summed E-state index contributed by atoms with van der Waals surface area (Å²) in [5.41, 5.74) is 2.41. The van der Waals surface area contributed by atoms with Gasteiger partial charge >= 0.3 is 0 Å². The highest BCUT2D eigenvalue weighted by Crippen LogP contribution is 2.28. The van der Waals surface area contributed by atoms with Crippen molar-refractivity contribution in [3.8, 4) is 11.5 Å². The first-order valence-electron chi connectivity index (χ1n) is 11.0. The van der Waals surface area contributed by atoms with E-state index >= 15 is 0 Å². The van der Waals surface area contributed by atoms with E-state index in [-0.39, 0.29) is 24.2 Å². The number of nitrogens with one attached hydrogen (secondary N) is 1. The number of hydrogen-bond donors (Lipinski definition) is 1. The molecule has 0 saturated carbocycles. The molecule has 0 heterocycles. The van der Waals surface area contributed by atoms with Crippen LogP contribution in [0.1, 0.15) is 29.7 Å². The fraction of sp³-hybridized carbons (Fsp3) is 0.259. The maximum Gasteiger partial charge on any atom is 0.247 e. The predicted octanol–water partition coefficient (Wildman–Crippen LogP) is 4.29. The zero-order valence-electron chi connectivity index (χ0n) is 19.6. The fourth-order valence-electron chi connectivity index (χ4n) is 3.74. The van der Waals surface area contributed by atoms with Gasteiger partial charge in [-0.15, -0.1) is 0 Å². The van der Waals surface area contributed by atoms with E-state index in [0.29, 0.717) is 30.0 Å². The average Bonchev–Trinajstić information content (AvgIpc) is 2.85. The molecule has 0 aliphatic rings. The quantitative estimate of drug-likeness (QED) is 0.486. The number of carbonyl (C=O) groups excluding carboxylic acids is 2. The number of hydrogen-bond acceptors (Lipinski definition) is 4. The van der Waals surface area contributed by atoms with E-state index in [1.165, 1.54) is 24.0 Å². The average molecular weight is 465 g/mol. The Morgan fingerprint density at radius 1 is 0.912 bits per heavy atom. The molecule has 0 radical (unpaired) electrons. The summed E-state index contributed by atoms with van der Waals surface area (Å²) in [4.78, 5) is 27.4. The molecule has 7 heteroatoms. The van der Waals surface area contributed by atoms with Gasteiger partial charge in [-0.25, -0.2) is 4.39 Å². The van der Waals surface area contributed by atoms with E-state index in [4.69, 9.17) is 9.47 Å². The minimum absolute atomic E-state index is 0.179. The van der Waals surface area contributed by atoms with Gasteiger partial charge in [-0.05, 0) is 47.4 Å². The molecule has 6 nitrogen and oxygen atoms in total. The third kappa shape index (κ3) is 6.34. The molecule has 34 heavy (non-hydrogen) atoms. The van der Waals surface area contributed by atoms with Gasteiger partial charge in [-0.1, -0.05) is 48.5 Å². The van der Waals surface area contributed by atoms with Crippen molar-refractivity contribution in [3.05, 3.63) is 95.3 Å². The Balaban J connectivity index is 1.77. The largest absolute Gasteiger partial charge is 0.493 e. The zero-order chi connectivity index (χ0) is 24.5. The van der Waals surface area contributed by atoms with Crippen LogP contribution in [0.3, 0.4) is 0 Å². The summed E-state index contributed by atoms with van der Waals surface area (Å²) in [6.07, 6.45) is 0.575. The summed E-state index contributed by atoms with van der Waals surface area (Å²) >= 11 is 0. The molecule has 0 aliphatic heterocycles. The van der Waals surface area contributed by atoms with Crippen molar-refractivity contribution in [1.82, 2.24) is 10.2 Å². The first kappa shape index (κ1) is 24.8. The third-order valence-electron chi connectivity index (χ3n) is 5.51. The molecule has 0 fully saturated rings. The van der Waals surface area contributed by atoms with Crippen LogP contribution in [0, 0.1) is 5.82 Å². The summed E-state index contributed by atoms with van der Waals surface area (Å²) in [6, 6.07) is 19.8. The van der Waals surface area contributed by atoms with Crippen LogP contribution in [0.2, 0.25) is 0 Å². The van der Waals surface area contributed by atoms with Gasteiger partial charge in [0.1, 0.15) is 11.9 Å². The number of ether oxygens (including phenoxy) is 2. The molecular formula is C27H29FN2O4. The first-order valence-corrected chi connectivity index (χ1v) is 11.0. The number of methoxy groups -OCH3 is 2. The van der Waals surface area contributed by atoms with Crippen LogP contribution in [0.25, 0.3) is 0 Å². The van der Waals surface area contributed by atoms with Gasteiger partial charge in [-0.3, -0.25) is 9.59 Å². The van der Waals surface area contributed by atoms with Crippen LogP contribution in [0.4, 0.5) is 4.39 Å². The van der Waals surface area contributed by atoms with Crippen LogP contribution >= 0.6 is 0 Å². The number of carbonyl (C=O) groups is 2. The molecule has 0 saturated heterocycles. The molecule has 178 valence electrons. The van der Waals surface area contributed by atoms with E-state index in [2.05, 4.69) is 5.32 Å².